The largest absolute Gasteiger partial charge is 0.361 e. The highest BCUT2D eigenvalue weighted by molar-refractivity contribution is 7.15. The fourth-order valence-electron chi connectivity index (χ4n) is 5.23. The molecule has 0 unspecified atom stereocenters. The van der Waals surface area contributed by atoms with Gasteiger partial charge in [-0.25, -0.2) is 4.98 Å². The van der Waals surface area contributed by atoms with Gasteiger partial charge in [0.2, 0.25) is 5.13 Å². The van der Waals surface area contributed by atoms with Crippen molar-refractivity contribution in [3.8, 4) is 22.4 Å². The van der Waals surface area contributed by atoms with Crippen LogP contribution in [0.2, 0.25) is 25.7 Å². The van der Waals surface area contributed by atoms with Crippen molar-refractivity contribution in [3.63, 3.8) is 0 Å². The Balaban J connectivity index is 1.34. The van der Waals surface area contributed by atoms with Gasteiger partial charge < -0.3 is 4.74 Å². The Bertz CT molecular complexity index is 1620. The molecule has 212 valence electrons. The van der Waals surface area contributed by atoms with E-state index in [1.807, 2.05) is 54.5 Å². The van der Waals surface area contributed by atoms with Crippen LogP contribution in [0.25, 0.3) is 33.4 Å². The molecule has 0 bridgehead atoms. The predicted octanol–water partition coefficient (Wildman–Crippen LogP) is 7.66. The highest BCUT2D eigenvalue weighted by Crippen LogP contribution is 2.39. The first-order valence-electron chi connectivity index (χ1n) is 14.4. The number of anilines is 2. The lowest BCUT2D eigenvalue weighted by molar-refractivity contribution is 0.153. The number of hydrogen-bond acceptors (Lipinski definition) is 8. The van der Waals surface area contributed by atoms with E-state index >= 15 is 0 Å². The number of aromatic nitrogens is 6. The average Bonchev–Trinajstić information content (AvgIpc) is 3.74. The fraction of sp³-hybridized carbons (Fsp3) is 0.387. The molecule has 5 aromatic rings. The molecular formula is C31H37N7OSSi. The molecule has 4 heterocycles. The summed E-state index contributed by atoms with van der Waals surface area (Å²) in [6, 6.07) is 17.5. The van der Waals surface area contributed by atoms with Crippen LogP contribution in [0.1, 0.15) is 36.6 Å². The quantitative estimate of drug-likeness (QED) is 0.0948. The van der Waals surface area contributed by atoms with Gasteiger partial charge >= 0.3 is 0 Å². The van der Waals surface area contributed by atoms with Gasteiger partial charge in [0.05, 0.1) is 11.0 Å². The minimum Gasteiger partial charge on any atom is -0.361 e. The SMILES string of the molecule is Cn1cc(-c2cnc3ccc(N(COCC[Si](C)(C)C)c4nnc(C5CCCC5)s4)nc3c2)c(-c2ccccc2)n1. The molecule has 1 aliphatic carbocycles. The van der Waals surface area contributed by atoms with Crippen LogP contribution in [-0.4, -0.2) is 51.4 Å². The third-order valence-electron chi connectivity index (χ3n) is 7.57. The molecule has 0 N–H and O–H groups in total. The van der Waals surface area contributed by atoms with Crippen molar-refractivity contribution in [1.82, 2.24) is 29.9 Å². The first kappa shape index (κ1) is 27.7. The van der Waals surface area contributed by atoms with Gasteiger partial charge in [0, 0.05) is 56.7 Å². The second-order valence-electron chi connectivity index (χ2n) is 12.0. The maximum absolute atomic E-state index is 6.22. The molecule has 10 heteroatoms. The van der Waals surface area contributed by atoms with E-state index in [1.54, 1.807) is 11.3 Å². The van der Waals surface area contributed by atoms with Crippen LogP contribution in [0.15, 0.2) is 60.9 Å². The maximum atomic E-state index is 6.22. The zero-order chi connectivity index (χ0) is 28.4. The van der Waals surface area contributed by atoms with Gasteiger partial charge in [-0.05, 0) is 37.1 Å². The molecule has 4 aromatic heterocycles. The van der Waals surface area contributed by atoms with Crippen molar-refractivity contribution in [2.45, 2.75) is 57.3 Å². The van der Waals surface area contributed by atoms with Crippen molar-refractivity contribution in [2.75, 3.05) is 18.2 Å². The zero-order valence-corrected chi connectivity index (χ0v) is 26.1. The van der Waals surface area contributed by atoms with E-state index < -0.39 is 8.07 Å². The number of rotatable bonds is 10. The van der Waals surface area contributed by atoms with E-state index in [1.165, 1.54) is 25.7 Å². The summed E-state index contributed by atoms with van der Waals surface area (Å²) in [5.41, 5.74) is 5.65. The molecule has 0 spiro atoms. The van der Waals surface area contributed by atoms with E-state index in [9.17, 15) is 0 Å². The summed E-state index contributed by atoms with van der Waals surface area (Å²) < 4.78 is 8.07. The highest BCUT2D eigenvalue weighted by Gasteiger charge is 2.24. The molecule has 6 rings (SSSR count). The second-order valence-corrected chi connectivity index (χ2v) is 18.7. The lowest BCUT2D eigenvalue weighted by Crippen LogP contribution is -2.26. The molecule has 8 nitrogen and oxygen atoms in total. The second kappa shape index (κ2) is 11.8. The molecule has 1 saturated carbocycles. The Morgan fingerprint density at radius 1 is 1.00 bits per heavy atom. The van der Waals surface area contributed by atoms with Gasteiger partial charge in [0.25, 0.3) is 0 Å². The smallest absolute Gasteiger partial charge is 0.215 e. The van der Waals surface area contributed by atoms with Crippen LogP contribution in [0.4, 0.5) is 10.9 Å². The highest BCUT2D eigenvalue weighted by atomic mass is 32.1. The minimum absolute atomic E-state index is 0.385. The first-order valence-corrected chi connectivity index (χ1v) is 18.9. The summed E-state index contributed by atoms with van der Waals surface area (Å²) in [5.74, 6) is 1.30. The fourth-order valence-corrected chi connectivity index (χ4v) is 7.00. The number of benzene rings is 1. The van der Waals surface area contributed by atoms with E-state index in [0.717, 1.165) is 62.0 Å². The summed E-state index contributed by atoms with van der Waals surface area (Å²) in [7, 11) is 0.744. The van der Waals surface area contributed by atoms with Crippen LogP contribution < -0.4 is 4.90 Å². The maximum Gasteiger partial charge on any atom is 0.215 e. The summed E-state index contributed by atoms with van der Waals surface area (Å²) in [4.78, 5) is 11.9. The Morgan fingerprint density at radius 2 is 1.80 bits per heavy atom. The molecule has 0 atom stereocenters. The number of nitrogens with zero attached hydrogens (tertiary/aromatic N) is 7. The lowest BCUT2D eigenvalue weighted by Gasteiger charge is -2.22. The average molecular weight is 584 g/mol. The standard InChI is InChI=1S/C31H37N7OSSi/c1-37-20-25(29(36-37)22-10-6-5-7-11-22)24-18-27-26(32-19-24)14-15-28(33-27)38(21-39-16-17-41(2,3)4)31-35-34-30(40-31)23-12-8-9-13-23/h5-7,10-11,14-15,18-20,23H,8-9,12-13,16-17,21H2,1-4H3. The Labute approximate surface area is 246 Å². The minimum atomic E-state index is -1.20. The van der Waals surface area contributed by atoms with Gasteiger partial charge in [0.15, 0.2) is 0 Å². The van der Waals surface area contributed by atoms with Gasteiger partial charge in [-0.3, -0.25) is 14.6 Å². The molecule has 0 saturated heterocycles. The van der Waals surface area contributed by atoms with Gasteiger partial charge in [0.1, 0.15) is 23.3 Å². The van der Waals surface area contributed by atoms with Crippen LogP contribution in [0, 0.1) is 0 Å². The number of ether oxygens (including phenoxy) is 1. The molecule has 1 aliphatic rings. The van der Waals surface area contributed by atoms with Crippen LogP contribution in [0.5, 0.6) is 0 Å². The Morgan fingerprint density at radius 3 is 2.59 bits per heavy atom. The topological polar surface area (TPSA) is 81.9 Å². The summed E-state index contributed by atoms with van der Waals surface area (Å²) in [5, 5.41) is 15.9. The number of aryl methyl sites for hydroxylation is 1. The van der Waals surface area contributed by atoms with E-state index in [4.69, 9.17) is 19.8 Å². The van der Waals surface area contributed by atoms with Crippen molar-refractivity contribution < 1.29 is 4.74 Å². The molecule has 1 fully saturated rings. The van der Waals surface area contributed by atoms with Crippen molar-refractivity contribution in [3.05, 3.63) is 65.9 Å². The molecule has 1 aromatic carbocycles. The molecule has 0 aliphatic heterocycles. The third-order valence-corrected chi connectivity index (χ3v) is 10.4. The molecule has 41 heavy (non-hydrogen) atoms. The van der Waals surface area contributed by atoms with E-state index in [2.05, 4.69) is 52.9 Å². The van der Waals surface area contributed by atoms with E-state index in [0.29, 0.717) is 12.6 Å². The lowest BCUT2D eigenvalue weighted by atomic mass is 10.0. The Hall–Kier alpha value is -3.47. The van der Waals surface area contributed by atoms with Gasteiger partial charge in [-0.2, -0.15) is 5.10 Å². The zero-order valence-electron chi connectivity index (χ0n) is 24.2. The number of hydrogen-bond donors (Lipinski definition) is 0. The molecule has 0 radical (unpaired) electrons. The number of fused-ring (bicyclic) bond motifs is 1. The summed E-state index contributed by atoms with van der Waals surface area (Å²) in [6.07, 6.45) is 8.89. The van der Waals surface area contributed by atoms with Crippen molar-refractivity contribution in [2.24, 2.45) is 7.05 Å². The first-order chi connectivity index (χ1) is 19.8. The van der Waals surface area contributed by atoms with Gasteiger partial charge in [-0.15, -0.1) is 10.2 Å². The normalized spacial score (nSPS) is 14.2. The van der Waals surface area contributed by atoms with Crippen LogP contribution >= 0.6 is 11.3 Å². The van der Waals surface area contributed by atoms with Crippen molar-refractivity contribution >= 4 is 41.4 Å². The third kappa shape index (κ3) is 6.39. The number of pyridine rings is 2. The molecule has 0 amide bonds. The summed E-state index contributed by atoms with van der Waals surface area (Å²) in [6.45, 7) is 8.22. The van der Waals surface area contributed by atoms with Crippen LogP contribution in [0.3, 0.4) is 0 Å². The van der Waals surface area contributed by atoms with Gasteiger partial charge in [-0.1, -0.05) is 74.2 Å². The molecular weight excluding hydrogens is 547 g/mol. The Kier molecular flexibility index (Phi) is 7.96. The van der Waals surface area contributed by atoms with Crippen molar-refractivity contribution in [1.29, 1.82) is 0 Å². The van der Waals surface area contributed by atoms with E-state index in [-0.39, 0.29) is 0 Å². The predicted molar refractivity (Wildman–Crippen MR) is 169 cm³/mol. The summed E-state index contributed by atoms with van der Waals surface area (Å²) >= 11 is 1.67. The van der Waals surface area contributed by atoms with Crippen LogP contribution in [-0.2, 0) is 11.8 Å². The monoisotopic (exact) mass is 583 g/mol.